The van der Waals surface area contributed by atoms with Gasteiger partial charge in [0.15, 0.2) is 0 Å². The summed E-state index contributed by atoms with van der Waals surface area (Å²) >= 11 is 5.78. The van der Waals surface area contributed by atoms with E-state index < -0.39 is 11.8 Å². The first-order valence-corrected chi connectivity index (χ1v) is 6.82. The SMILES string of the molecule is O=C(O)c1ccnc(Cc2cnc3cc(F)c(Cl)cc3c2)c1. The third kappa shape index (κ3) is 2.89. The number of hydrogen-bond donors (Lipinski definition) is 1. The molecule has 3 rings (SSSR count). The predicted octanol–water partition coefficient (Wildman–Crippen LogP) is 3.71. The normalized spacial score (nSPS) is 10.8. The van der Waals surface area contributed by atoms with E-state index in [0.29, 0.717) is 17.6 Å². The van der Waals surface area contributed by atoms with Crippen LogP contribution in [0.3, 0.4) is 0 Å². The van der Waals surface area contributed by atoms with Crippen LogP contribution in [0.4, 0.5) is 4.39 Å². The molecule has 22 heavy (non-hydrogen) atoms. The van der Waals surface area contributed by atoms with E-state index in [9.17, 15) is 9.18 Å². The summed E-state index contributed by atoms with van der Waals surface area (Å²) in [6, 6.07) is 7.59. The Morgan fingerprint density at radius 3 is 2.82 bits per heavy atom. The van der Waals surface area contributed by atoms with Crippen molar-refractivity contribution >= 4 is 28.5 Å². The number of carboxylic acid groups (broad SMARTS) is 1. The highest BCUT2D eigenvalue weighted by Crippen LogP contribution is 2.23. The van der Waals surface area contributed by atoms with Gasteiger partial charge in [-0.25, -0.2) is 9.18 Å². The van der Waals surface area contributed by atoms with Crippen molar-refractivity contribution in [2.24, 2.45) is 0 Å². The maximum absolute atomic E-state index is 13.4. The molecular weight excluding hydrogens is 307 g/mol. The van der Waals surface area contributed by atoms with Crippen molar-refractivity contribution in [3.8, 4) is 0 Å². The second kappa shape index (κ2) is 5.69. The summed E-state index contributed by atoms with van der Waals surface area (Å²) in [4.78, 5) is 19.3. The summed E-state index contributed by atoms with van der Waals surface area (Å²) in [5.41, 5.74) is 2.15. The minimum absolute atomic E-state index is 0.0393. The Balaban J connectivity index is 1.95. The molecule has 2 aromatic heterocycles. The van der Waals surface area contributed by atoms with E-state index in [4.69, 9.17) is 16.7 Å². The average molecular weight is 317 g/mol. The molecule has 0 aliphatic heterocycles. The molecule has 0 amide bonds. The summed E-state index contributed by atoms with van der Waals surface area (Å²) in [5.74, 6) is -1.51. The van der Waals surface area contributed by atoms with Crippen LogP contribution in [0.1, 0.15) is 21.6 Å². The minimum Gasteiger partial charge on any atom is -0.478 e. The van der Waals surface area contributed by atoms with Crippen molar-refractivity contribution in [3.05, 3.63) is 70.4 Å². The van der Waals surface area contributed by atoms with Crippen LogP contribution < -0.4 is 0 Å². The van der Waals surface area contributed by atoms with Crippen LogP contribution in [0.5, 0.6) is 0 Å². The Morgan fingerprint density at radius 1 is 1.23 bits per heavy atom. The number of carbonyl (C=O) groups is 1. The highest BCUT2D eigenvalue weighted by molar-refractivity contribution is 6.31. The largest absolute Gasteiger partial charge is 0.478 e. The Labute approximate surface area is 130 Å². The van der Waals surface area contributed by atoms with Gasteiger partial charge in [-0.15, -0.1) is 0 Å². The van der Waals surface area contributed by atoms with E-state index in [1.165, 1.54) is 30.5 Å². The molecule has 0 fully saturated rings. The Bertz CT molecular complexity index is 883. The van der Waals surface area contributed by atoms with Crippen molar-refractivity contribution in [2.75, 3.05) is 0 Å². The summed E-state index contributed by atoms with van der Waals surface area (Å²) in [5, 5.41) is 9.74. The smallest absolute Gasteiger partial charge is 0.335 e. The molecule has 4 nitrogen and oxygen atoms in total. The quantitative estimate of drug-likeness (QED) is 0.800. The van der Waals surface area contributed by atoms with Gasteiger partial charge in [0.1, 0.15) is 5.82 Å². The van der Waals surface area contributed by atoms with E-state index >= 15 is 0 Å². The number of aromatic nitrogens is 2. The molecule has 0 aliphatic carbocycles. The fourth-order valence-electron chi connectivity index (χ4n) is 2.18. The first-order valence-electron chi connectivity index (χ1n) is 6.45. The van der Waals surface area contributed by atoms with E-state index in [2.05, 4.69) is 9.97 Å². The number of benzene rings is 1. The number of nitrogens with zero attached hydrogens (tertiary/aromatic N) is 2. The monoisotopic (exact) mass is 316 g/mol. The van der Waals surface area contributed by atoms with Crippen molar-refractivity contribution in [1.82, 2.24) is 9.97 Å². The third-order valence-corrected chi connectivity index (χ3v) is 3.52. The van der Waals surface area contributed by atoms with Gasteiger partial charge in [-0.05, 0) is 29.8 Å². The summed E-state index contributed by atoms with van der Waals surface area (Å²) in [6.07, 6.45) is 3.50. The minimum atomic E-state index is -0.998. The molecule has 0 atom stereocenters. The molecule has 110 valence electrons. The first kappa shape index (κ1) is 14.4. The van der Waals surface area contributed by atoms with Gasteiger partial charge in [0.05, 0.1) is 16.1 Å². The van der Waals surface area contributed by atoms with Gasteiger partial charge in [0.25, 0.3) is 0 Å². The van der Waals surface area contributed by atoms with Gasteiger partial charge in [-0.3, -0.25) is 9.97 Å². The number of hydrogen-bond acceptors (Lipinski definition) is 3. The first-order chi connectivity index (χ1) is 10.5. The molecule has 0 aliphatic rings. The summed E-state index contributed by atoms with van der Waals surface area (Å²) in [6.45, 7) is 0. The van der Waals surface area contributed by atoms with Crippen LogP contribution in [-0.2, 0) is 6.42 Å². The zero-order valence-corrected chi connectivity index (χ0v) is 12.0. The molecule has 0 saturated carbocycles. The molecule has 1 N–H and O–H groups in total. The fraction of sp³-hybridized carbons (Fsp3) is 0.0625. The second-order valence-corrected chi connectivity index (χ2v) is 5.23. The molecule has 0 radical (unpaired) electrons. The Hall–Kier alpha value is -2.53. The molecule has 0 bridgehead atoms. The number of aromatic carboxylic acids is 1. The van der Waals surface area contributed by atoms with Crippen molar-refractivity contribution < 1.29 is 14.3 Å². The van der Waals surface area contributed by atoms with Crippen LogP contribution >= 0.6 is 11.6 Å². The average Bonchev–Trinajstić information content (AvgIpc) is 2.49. The molecule has 6 heteroatoms. The number of carboxylic acids is 1. The van der Waals surface area contributed by atoms with Crippen LogP contribution in [0, 0.1) is 5.82 Å². The zero-order valence-electron chi connectivity index (χ0n) is 11.3. The zero-order chi connectivity index (χ0) is 15.7. The maximum atomic E-state index is 13.4. The van der Waals surface area contributed by atoms with Gasteiger partial charge in [-0.2, -0.15) is 0 Å². The number of halogens is 2. The molecule has 1 aromatic carbocycles. The molecule has 0 saturated heterocycles. The second-order valence-electron chi connectivity index (χ2n) is 4.82. The fourth-order valence-corrected chi connectivity index (χ4v) is 2.35. The highest BCUT2D eigenvalue weighted by atomic mass is 35.5. The number of pyridine rings is 2. The number of rotatable bonds is 3. The molecule has 3 aromatic rings. The van der Waals surface area contributed by atoms with E-state index in [1.54, 1.807) is 6.20 Å². The van der Waals surface area contributed by atoms with Crippen LogP contribution in [0.2, 0.25) is 5.02 Å². The lowest BCUT2D eigenvalue weighted by atomic mass is 10.1. The van der Waals surface area contributed by atoms with Crippen molar-refractivity contribution in [3.63, 3.8) is 0 Å². The lowest BCUT2D eigenvalue weighted by Gasteiger charge is -2.05. The van der Waals surface area contributed by atoms with E-state index in [-0.39, 0.29) is 10.6 Å². The van der Waals surface area contributed by atoms with Gasteiger partial charge < -0.3 is 5.11 Å². The van der Waals surface area contributed by atoms with Gasteiger partial charge in [-0.1, -0.05) is 11.6 Å². The van der Waals surface area contributed by atoms with Crippen LogP contribution in [0.15, 0.2) is 42.7 Å². The van der Waals surface area contributed by atoms with Crippen LogP contribution in [-0.4, -0.2) is 21.0 Å². The van der Waals surface area contributed by atoms with Crippen molar-refractivity contribution in [2.45, 2.75) is 6.42 Å². The number of fused-ring (bicyclic) bond motifs is 1. The summed E-state index contributed by atoms with van der Waals surface area (Å²) < 4.78 is 13.4. The third-order valence-electron chi connectivity index (χ3n) is 3.23. The standard InChI is InChI=1S/C16H10ClFN2O2/c17-13-6-11-3-9(8-20-15(11)7-14(13)18)4-12-5-10(16(21)22)1-2-19-12/h1-3,5-8H,4H2,(H,21,22). The topological polar surface area (TPSA) is 63.1 Å². The molecular formula is C16H10ClFN2O2. The van der Waals surface area contributed by atoms with Gasteiger partial charge >= 0.3 is 5.97 Å². The predicted molar refractivity (Wildman–Crippen MR) is 80.7 cm³/mol. The maximum Gasteiger partial charge on any atom is 0.335 e. The molecule has 0 spiro atoms. The van der Waals surface area contributed by atoms with Gasteiger partial charge in [0.2, 0.25) is 0 Å². The molecule has 0 unspecified atom stereocenters. The lowest BCUT2D eigenvalue weighted by molar-refractivity contribution is 0.0696. The van der Waals surface area contributed by atoms with Gasteiger partial charge in [0, 0.05) is 36.0 Å². The highest BCUT2D eigenvalue weighted by Gasteiger charge is 2.07. The van der Waals surface area contributed by atoms with E-state index in [0.717, 1.165) is 10.9 Å². The molecule has 2 heterocycles. The van der Waals surface area contributed by atoms with Crippen LogP contribution in [0.25, 0.3) is 10.9 Å². The van der Waals surface area contributed by atoms with Crippen molar-refractivity contribution in [1.29, 1.82) is 0 Å². The Kier molecular flexibility index (Phi) is 3.73. The van der Waals surface area contributed by atoms with E-state index in [1.807, 2.05) is 6.07 Å². The Morgan fingerprint density at radius 2 is 2.05 bits per heavy atom. The lowest BCUT2D eigenvalue weighted by Crippen LogP contribution is -2.00. The summed E-state index contributed by atoms with van der Waals surface area (Å²) in [7, 11) is 0.